The number of hydrogen-bond donors (Lipinski definition) is 0. The first-order valence-corrected chi connectivity index (χ1v) is 5.44. The van der Waals surface area contributed by atoms with Crippen molar-refractivity contribution in [3.8, 4) is 0 Å². The first-order valence-electron chi connectivity index (χ1n) is 5.44. The van der Waals surface area contributed by atoms with Crippen molar-refractivity contribution in [1.82, 2.24) is 0 Å². The molecule has 0 heterocycles. The third-order valence-electron chi connectivity index (χ3n) is 1.65. The van der Waals surface area contributed by atoms with E-state index < -0.39 is 11.9 Å². The third-order valence-corrected chi connectivity index (χ3v) is 1.65. The molecule has 0 saturated carbocycles. The number of carbonyl (C=O) groups excluding carboxylic acids is 2. The molecule has 0 amide bonds. The third kappa shape index (κ3) is 16.3. The van der Waals surface area contributed by atoms with Crippen LogP contribution in [0.1, 0.15) is 14.9 Å². The van der Waals surface area contributed by atoms with Crippen LogP contribution in [-0.2, 0) is 28.5 Å². The lowest BCUT2D eigenvalue weighted by molar-refractivity contribution is -0.141. The lowest BCUT2D eigenvalue weighted by atomic mass is 10.6. The smallest absolute Gasteiger partial charge is 0.330 e. The van der Waals surface area contributed by atoms with Gasteiger partial charge in [0.05, 0.1) is 26.4 Å². The van der Waals surface area contributed by atoms with E-state index in [1.54, 1.807) is 0 Å². The molecule has 0 aromatic rings. The van der Waals surface area contributed by atoms with Crippen LogP contribution in [0.15, 0.2) is 25.3 Å². The molecule has 20 heavy (non-hydrogen) atoms. The van der Waals surface area contributed by atoms with Crippen molar-refractivity contribution < 1.29 is 28.5 Å². The Morgan fingerprint density at radius 2 is 1.00 bits per heavy atom. The molecule has 0 spiro atoms. The molecule has 0 aromatic heterocycles. The first-order chi connectivity index (χ1) is 8.70. The summed E-state index contributed by atoms with van der Waals surface area (Å²) < 4.78 is 19.6. The zero-order chi connectivity index (χ0) is 13.6. The SMILES string of the molecule is C.C.C=CC(=O)OCCOCCOCCOC(=O)C=C. The summed E-state index contributed by atoms with van der Waals surface area (Å²) in [6, 6.07) is 0. The highest BCUT2D eigenvalue weighted by molar-refractivity contribution is 5.81. The number of ether oxygens (including phenoxy) is 4. The molecule has 0 saturated heterocycles. The highest BCUT2D eigenvalue weighted by Gasteiger charge is 1.96. The Hall–Kier alpha value is -1.66. The Bertz CT molecular complexity index is 247. The Morgan fingerprint density at radius 3 is 1.30 bits per heavy atom. The number of carbonyl (C=O) groups is 2. The molecule has 6 nitrogen and oxygen atoms in total. The van der Waals surface area contributed by atoms with Crippen LogP contribution in [0.2, 0.25) is 0 Å². The average Bonchev–Trinajstić information content (AvgIpc) is 2.40. The van der Waals surface area contributed by atoms with Crippen LogP contribution in [-0.4, -0.2) is 51.6 Å². The molecule has 0 bridgehead atoms. The lowest BCUT2D eigenvalue weighted by Crippen LogP contribution is -2.13. The van der Waals surface area contributed by atoms with E-state index in [4.69, 9.17) is 9.47 Å². The van der Waals surface area contributed by atoms with Crippen molar-refractivity contribution in [2.24, 2.45) is 0 Å². The quantitative estimate of drug-likeness (QED) is 0.328. The van der Waals surface area contributed by atoms with Gasteiger partial charge in [0.1, 0.15) is 13.2 Å². The molecular weight excluding hydrogens is 264 g/mol. The highest BCUT2D eigenvalue weighted by atomic mass is 16.6. The van der Waals surface area contributed by atoms with E-state index in [2.05, 4.69) is 22.6 Å². The molecule has 0 aliphatic carbocycles. The molecule has 118 valence electrons. The summed E-state index contributed by atoms with van der Waals surface area (Å²) in [5, 5.41) is 0. The maximum atomic E-state index is 10.6. The zero-order valence-corrected chi connectivity index (χ0v) is 10.3. The van der Waals surface area contributed by atoms with Gasteiger partial charge >= 0.3 is 11.9 Å². The predicted molar refractivity (Wildman–Crippen MR) is 77.4 cm³/mol. The van der Waals surface area contributed by atoms with Crippen LogP contribution in [0.3, 0.4) is 0 Å². The van der Waals surface area contributed by atoms with Gasteiger partial charge in [-0.25, -0.2) is 9.59 Å². The van der Waals surface area contributed by atoms with E-state index in [9.17, 15) is 9.59 Å². The van der Waals surface area contributed by atoms with Gasteiger partial charge in [-0.05, 0) is 0 Å². The van der Waals surface area contributed by atoms with Crippen LogP contribution in [0.25, 0.3) is 0 Å². The average molecular weight is 290 g/mol. The monoisotopic (exact) mass is 290 g/mol. The molecule has 0 N–H and O–H groups in total. The Kier molecular flexibility index (Phi) is 20.3. The number of hydrogen-bond acceptors (Lipinski definition) is 6. The molecule has 0 aliphatic rings. The Balaban J connectivity index is -0.00000144. The van der Waals surface area contributed by atoms with Crippen molar-refractivity contribution in [3.05, 3.63) is 25.3 Å². The van der Waals surface area contributed by atoms with Crippen molar-refractivity contribution >= 4 is 11.9 Å². The molecule has 0 radical (unpaired) electrons. The molecule has 0 unspecified atom stereocenters. The molecular formula is C14H26O6. The fraction of sp³-hybridized carbons (Fsp3) is 0.571. The molecule has 0 atom stereocenters. The second kappa shape index (κ2) is 17.3. The van der Waals surface area contributed by atoms with Gasteiger partial charge in [-0.2, -0.15) is 0 Å². The van der Waals surface area contributed by atoms with Gasteiger partial charge in [0.15, 0.2) is 0 Å². The minimum absolute atomic E-state index is 0. The van der Waals surface area contributed by atoms with Crippen molar-refractivity contribution in [2.45, 2.75) is 14.9 Å². The largest absolute Gasteiger partial charge is 0.460 e. The topological polar surface area (TPSA) is 71.1 Å². The fourth-order valence-corrected chi connectivity index (χ4v) is 0.842. The van der Waals surface area contributed by atoms with E-state index in [0.29, 0.717) is 26.4 Å². The predicted octanol–water partition coefficient (Wildman–Crippen LogP) is 1.75. The van der Waals surface area contributed by atoms with Crippen LogP contribution in [0, 0.1) is 0 Å². The second-order valence-electron chi connectivity index (χ2n) is 2.97. The fourth-order valence-electron chi connectivity index (χ4n) is 0.842. The number of esters is 2. The van der Waals surface area contributed by atoms with E-state index in [0.717, 1.165) is 12.2 Å². The summed E-state index contributed by atoms with van der Waals surface area (Å²) in [5.41, 5.74) is 0. The van der Waals surface area contributed by atoms with Gasteiger partial charge in [0, 0.05) is 12.2 Å². The van der Waals surface area contributed by atoms with Gasteiger partial charge in [0.25, 0.3) is 0 Å². The second-order valence-corrected chi connectivity index (χ2v) is 2.97. The minimum atomic E-state index is -0.473. The standard InChI is InChI=1S/C12H18O6.2CH4/c1-3-11(13)17-9-7-15-5-6-16-8-10-18-12(14)4-2;;/h3-4H,1-2,5-10H2;2*1H4. The van der Waals surface area contributed by atoms with Crippen LogP contribution >= 0.6 is 0 Å². The molecule has 0 aromatic carbocycles. The lowest BCUT2D eigenvalue weighted by Gasteiger charge is -2.06. The van der Waals surface area contributed by atoms with Gasteiger partial charge in [0.2, 0.25) is 0 Å². The van der Waals surface area contributed by atoms with E-state index in [1.165, 1.54) is 0 Å². The Morgan fingerprint density at radius 1 is 0.700 bits per heavy atom. The van der Waals surface area contributed by atoms with Crippen LogP contribution < -0.4 is 0 Å². The highest BCUT2D eigenvalue weighted by Crippen LogP contribution is 1.84. The maximum absolute atomic E-state index is 10.6. The van der Waals surface area contributed by atoms with Crippen molar-refractivity contribution in [1.29, 1.82) is 0 Å². The van der Waals surface area contributed by atoms with Crippen LogP contribution in [0.5, 0.6) is 0 Å². The summed E-state index contributed by atoms with van der Waals surface area (Å²) in [7, 11) is 0. The van der Waals surface area contributed by atoms with E-state index in [-0.39, 0.29) is 28.1 Å². The molecule has 0 rings (SSSR count). The van der Waals surface area contributed by atoms with Crippen molar-refractivity contribution in [3.63, 3.8) is 0 Å². The summed E-state index contributed by atoms with van der Waals surface area (Å²) in [6.07, 6.45) is 2.18. The maximum Gasteiger partial charge on any atom is 0.330 e. The summed E-state index contributed by atoms with van der Waals surface area (Å²) >= 11 is 0. The molecule has 0 fully saturated rings. The molecule has 6 heteroatoms. The van der Waals surface area contributed by atoms with E-state index >= 15 is 0 Å². The van der Waals surface area contributed by atoms with Gasteiger partial charge < -0.3 is 18.9 Å². The summed E-state index contributed by atoms with van der Waals surface area (Å²) in [6.45, 7) is 8.23. The summed E-state index contributed by atoms with van der Waals surface area (Å²) in [5.74, 6) is -0.947. The van der Waals surface area contributed by atoms with Gasteiger partial charge in [-0.1, -0.05) is 28.0 Å². The first kappa shape index (κ1) is 23.4. The van der Waals surface area contributed by atoms with Crippen molar-refractivity contribution in [2.75, 3.05) is 39.6 Å². The van der Waals surface area contributed by atoms with Crippen LogP contribution in [0.4, 0.5) is 0 Å². The summed E-state index contributed by atoms with van der Waals surface area (Å²) in [4.78, 5) is 21.3. The molecule has 0 aliphatic heterocycles. The van der Waals surface area contributed by atoms with Gasteiger partial charge in [-0.3, -0.25) is 0 Å². The Labute approximate surface area is 121 Å². The van der Waals surface area contributed by atoms with E-state index in [1.807, 2.05) is 0 Å². The normalized spacial score (nSPS) is 8.60. The van der Waals surface area contributed by atoms with Gasteiger partial charge in [-0.15, -0.1) is 0 Å². The number of rotatable bonds is 11. The minimum Gasteiger partial charge on any atom is -0.460 e. The zero-order valence-electron chi connectivity index (χ0n) is 10.3.